The minimum Gasteiger partial charge on any atom is -0.297 e. The van der Waals surface area contributed by atoms with Gasteiger partial charge in [0.05, 0.1) is 0 Å². The zero-order valence-electron chi connectivity index (χ0n) is 7.54. The van der Waals surface area contributed by atoms with E-state index < -0.39 is 0 Å². The maximum atomic E-state index is 3.30. The highest BCUT2D eigenvalue weighted by Crippen LogP contribution is 2.28. The highest BCUT2D eigenvalue weighted by atomic mass is 31.0. The number of rotatable bonds is 1. The molecule has 0 saturated heterocycles. The Bertz CT molecular complexity index is 156. The van der Waals surface area contributed by atoms with Crippen molar-refractivity contribution < 1.29 is 0 Å². The van der Waals surface area contributed by atoms with Crippen molar-refractivity contribution in [1.29, 1.82) is 0 Å². The zero-order chi connectivity index (χ0) is 8.43. The van der Waals surface area contributed by atoms with Crippen molar-refractivity contribution in [1.82, 2.24) is 5.09 Å². The maximum absolute atomic E-state index is 3.30. The van der Waals surface area contributed by atoms with Crippen LogP contribution in [0.15, 0.2) is 12.2 Å². The fraction of sp³-hybridized carbons (Fsp3) is 0.778. The Morgan fingerprint density at radius 1 is 1.09 bits per heavy atom. The van der Waals surface area contributed by atoms with Gasteiger partial charge in [-0.15, -0.1) is 0 Å². The van der Waals surface area contributed by atoms with Crippen molar-refractivity contribution in [3.8, 4) is 0 Å². The second kappa shape index (κ2) is 3.69. The van der Waals surface area contributed by atoms with Crippen LogP contribution in [-0.2, 0) is 0 Å². The van der Waals surface area contributed by atoms with Gasteiger partial charge in [0.2, 0.25) is 0 Å². The minimum absolute atomic E-state index is 0.625. The van der Waals surface area contributed by atoms with Gasteiger partial charge in [-0.1, -0.05) is 42.3 Å². The molecule has 1 aliphatic rings. The smallest absolute Gasteiger partial charge is 0.0190 e. The number of nitrogens with one attached hydrogen (secondary N) is 1. The highest BCUT2D eigenvalue weighted by molar-refractivity contribution is 7.13. The summed E-state index contributed by atoms with van der Waals surface area (Å²) >= 11 is 0. The predicted molar refractivity (Wildman–Crippen MR) is 53.3 cm³/mol. The van der Waals surface area contributed by atoms with Crippen LogP contribution in [0.2, 0.25) is 0 Å². The van der Waals surface area contributed by atoms with Crippen LogP contribution in [0, 0.1) is 17.8 Å². The topological polar surface area (TPSA) is 12.0 Å². The van der Waals surface area contributed by atoms with Crippen LogP contribution in [0.4, 0.5) is 0 Å². The molecule has 2 heteroatoms. The van der Waals surface area contributed by atoms with E-state index in [1.807, 2.05) is 0 Å². The summed E-state index contributed by atoms with van der Waals surface area (Å²) in [5.41, 5.74) is 0. The van der Waals surface area contributed by atoms with Crippen LogP contribution in [0.1, 0.15) is 20.8 Å². The molecule has 11 heavy (non-hydrogen) atoms. The molecule has 0 amide bonds. The summed E-state index contributed by atoms with van der Waals surface area (Å²) in [6.45, 7) is 6.86. The molecule has 0 aliphatic heterocycles. The van der Waals surface area contributed by atoms with E-state index in [4.69, 9.17) is 0 Å². The van der Waals surface area contributed by atoms with E-state index in [1.54, 1.807) is 0 Å². The molecule has 1 nitrogen and oxygen atoms in total. The third kappa shape index (κ3) is 1.83. The van der Waals surface area contributed by atoms with Gasteiger partial charge in [0, 0.05) is 6.04 Å². The van der Waals surface area contributed by atoms with Crippen molar-refractivity contribution in [2.45, 2.75) is 26.8 Å². The van der Waals surface area contributed by atoms with Crippen LogP contribution in [0.3, 0.4) is 0 Å². The molecule has 1 N–H and O–H groups in total. The first-order chi connectivity index (χ1) is 5.16. The molecule has 5 atom stereocenters. The second-order valence-corrected chi connectivity index (χ2v) is 3.99. The lowest BCUT2D eigenvalue weighted by atomic mass is 9.78. The summed E-state index contributed by atoms with van der Waals surface area (Å²) in [5.74, 6) is 2.12. The van der Waals surface area contributed by atoms with Crippen LogP contribution in [0.25, 0.3) is 0 Å². The van der Waals surface area contributed by atoms with E-state index in [-0.39, 0.29) is 0 Å². The monoisotopic (exact) mass is 171 g/mol. The molecule has 0 bridgehead atoms. The molecule has 0 spiro atoms. The first-order valence-corrected chi connectivity index (χ1v) is 4.89. The number of hydrogen-bond acceptors (Lipinski definition) is 1. The van der Waals surface area contributed by atoms with Crippen molar-refractivity contribution in [3.63, 3.8) is 0 Å². The maximum Gasteiger partial charge on any atom is 0.0190 e. The van der Waals surface area contributed by atoms with Gasteiger partial charge in [-0.3, -0.25) is 5.09 Å². The van der Waals surface area contributed by atoms with E-state index in [0.717, 1.165) is 5.92 Å². The molecule has 0 heterocycles. The molecule has 0 saturated carbocycles. The molecular formula is C9H18NP. The SMILES string of the molecule is CC1C=CC(C)C(NP)C1C. The van der Waals surface area contributed by atoms with Crippen LogP contribution in [0.5, 0.6) is 0 Å². The second-order valence-electron chi connectivity index (χ2n) is 3.65. The van der Waals surface area contributed by atoms with Gasteiger partial charge in [0.15, 0.2) is 0 Å². The quantitative estimate of drug-likeness (QED) is 0.471. The normalized spacial score (nSPS) is 44.4. The first kappa shape index (κ1) is 9.22. The molecule has 0 fully saturated rings. The Kier molecular flexibility index (Phi) is 3.09. The molecule has 0 aromatic heterocycles. The van der Waals surface area contributed by atoms with E-state index in [2.05, 4.69) is 47.4 Å². The third-order valence-electron chi connectivity index (χ3n) is 2.87. The molecule has 1 aliphatic carbocycles. The van der Waals surface area contributed by atoms with E-state index in [1.165, 1.54) is 0 Å². The molecule has 64 valence electrons. The summed E-state index contributed by atoms with van der Waals surface area (Å²) in [7, 11) is 2.63. The zero-order valence-corrected chi connectivity index (χ0v) is 8.70. The molecular weight excluding hydrogens is 153 g/mol. The lowest BCUT2D eigenvalue weighted by Crippen LogP contribution is -2.39. The van der Waals surface area contributed by atoms with Crippen molar-refractivity contribution in [2.75, 3.05) is 0 Å². The average Bonchev–Trinajstić information content (AvgIpc) is 1.99. The van der Waals surface area contributed by atoms with Gasteiger partial charge in [0.1, 0.15) is 0 Å². The summed E-state index contributed by atoms with van der Waals surface area (Å²) in [4.78, 5) is 0. The van der Waals surface area contributed by atoms with Crippen molar-refractivity contribution >= 4 is 9.39 Å². The van der Waals surface area contributed by atoms with Gasteiger partial charge in [0.25, 0.3) is 0 Å². The van der Waals surface area contributed by atoms with Gasteiger partial charge in [-0.2, -0.15) is 0 Å². The average molecular weight is 171 g/mol. The third-order valence-corrected chi connectivity index (χ3v) is 3.26. The van der Waals surface area contributed by atoms with Crippen LogP contribution in [-0.4, -0.2) is 6.04 Å². The van der Waals surface area contributed by atoms with E-state index in [0.29, 0.717) is 17.9 Å². The van der Waals surface area contributed by atoms with Gasteiger partial charge >= 0.3 is 0 Å². The van der Waals surface area contributed by atoms with E-state index >= 15 is 0 Å². The van der Waals surface area contributed by atoms with Crippen LogP contribution >= 0.6 is 9.39 Å². The van der Waals surface area contributed by atoms with Gasteiger partial charge in [-0.05, 0) is 17.8 Å². The molecule has 0 radical (unpaired) electrons. The molecule has 1 rings (SSSR count). The van der Waals surface area contributed by atoms with Gasteiger partial charge in [-0.25, -0.2) is 0 Å². The Morgan fingerprint density at radius 3 is 2.09 bits per heavy atom. The lowest BCUT2D eigenvalue weighted by Gasteiger charge is -2.34. The molecule has 0 aromatic carbocycles. The van der Waals surface area contributed by atoms with Gasteiger partial charge < -0.3 is 0 Å². The van der Waals surface area contributed by atoms with Crippen molar-refractivity contribution in [2.24, 2.45) is 17.8 Å². The predicted octanol–water partition coefficient (Wildman–Crippen LogP) is 2.21. The molecule has 0 aromatic rings. The largest absolute Gasteiger partial charge is 0.297 e. The minimum atomic E-state index is 0.625. The highest BCUT2D eigenvalue weighted by Gasteiger charge is 2.27. The van der Waals surface area contributed by atoms with Crippen molar-refractivity contribution in [3.05, 3.63) is 12.2 Å². The lowest BCUT2D eigenvalue weighted by molar-refractivity contribution is 0.292. The van der Waals surface area contributed by atoms with E-state index in [9.17, 15) is 0 Å². The Balaban J connectivity index is 2.70. The first-order valence-electron chi connectivity index (χ1n) is 4.31. The number of hydrogen-bond donors (Lipinski definition) is 1. The fourth-order valence-electron chi connectivity index (χ4n) is 1.75. The Morgan fingerprint density at radius 2 is 1.64 bits per heavy atom. The van der Waals surface area contributed by atoms with Crippen LogP contribution < -0.4 is 5.09 Å². The standard InChI is InChI=1S/C9H18NP/c1-6-4-5-7(2)9(10-11)8(6)3/h4-10H,11H2,1-3H3. The number of allylic oxidation sites excluding steroid dienone is 1. The summed E-state index contributed by atoms with van der Waals surface area (Å²) in [6, 6.07) is 0.625. The summed E-state index contributed by atoms with van der Waals surface area (Å²) < 4.78 is 0. The fourth-order valence-corrected chi connectivity index (χ4v) is 2.36. The summed E-state index contributed by atoms with van der Waals surface area (Å²) in [6.07, 6.45) is 4.64. The summed E-state index contributed by atoms with van der Waals surface area (Å²) in [5, 5.41) is 3.30. The Labute approximate surface area is 71.9 Å². The Hall–Kier alpha value is 0.130. The molecule has 5 unspecified atom stereocenters.